The summed E-state index contributed by atoms with van der Waals surface area (Å²) in [7, 11) is 0. The fraction of sp³-hybridized carbons (Fsp3) is 0.250. The summed E-state index contributed by atoms with van der Waals surface area (Å²) < 4.78 is 5.49. The Labute approximate surface area is 184 Å². The third kappa shape index (κ3) is 8.18. The molecule has 0 aromatic heterocycles. The van der Waals surface area contributed by atoms with Gasteiger partial charge < -0.3 is 15.4 Å². The van der Waals surface area contributed by atoms with Crippen LogP contribution in [0.3, 0.4) is 0 Å². The quantitative estimate of drug-likeness (QED) is 0.362. The first kappa shape index (κ1) is 23.3. The molecule has 2 aromatic carbocycles. The molecule has 2 aromatic rings. The van der Waals surface area contributed by atoms with E-state index in [9.17, 15) is 14.4 Å². The topological polar surface area (TPSA) is 109 Å². The summed E-state index contributed by atoms with van der Waals surface area (Å²) in [4.78, 5) is 35.7. The molecule has 0 aliphatic carbocycles. The van der Waals surface area contributed by atoms with Crippen molar-refractivity contribution >= 4 is 46.7 Å². The molecule has 4 amide bonds. The zero-order chi connectivity index (χ0) is 21.9. The van der Waals surface area contributed by atoms with Crippen LogP contribution in [0.4, 0.5) is 10.5 Å². The minimum absolute atomic E-state index is 0.127. The second kappa shape index (κ2) is 11.9. The van der Waals surface area contributed by atoms with E-state index >= 15 is 0 Å². The van der Waals surface area contributed by atoms with E-state index in [-0.39, 0.29) is 13.0 Å². The van der Waals surface area contributed by atoms with E-state index in [1.807, 2.05) is 6.07 Å². The Kier molecular flexibility index (Phi) is 9.24. The number of halogens is 2. The van der Waals surface area contributed by atoms with Crippen molar-refractivity contribution in [3.05, 3.63) is 58.6 Å². The molecule has 2 rings (SSSR count). The van der Waals surface area contributed by atoms with Gasteiger partial charge in [-0.2, -0.15) is 0 Å². The van der Waals surface area contributed by atoms with Gasteiger partial charge >= 0.3 is 6.03 Å². The number of benzene rings is 2. The molecule has 10 heteroatoms. The molecule has 0 radical (unpaired) electrons. The van der Waals surface area contributed by atoms with Crippen molar-refractivity contribution < 1.29 is 19.1 Å². The number of hydrogen-bond donors (Lipinski definition) is 4. The first-order valence-electron chi connectivity index (χ1n) is 9.14. The molecular weight excluding hydrogens is 431 g/mol. The number of carbonyl (C=O) groups excluding carboxylic acids is 3. The number of carbonyl (C=O) groups is 3. The minimum Gasteiger partial charge on any atom is -0.492 e. The maximum Gasteiger partial charge on any atom is 0.319 e. The van der Waals surface area contributed by atoms with Gasteiger partial charge in [-0.3, -0.25) is 20.4 Å². The highest BCUT2D eigenvalue weighted by Gasteiger charge is 2.16. The van der Waals surface area contributed by atoms with Gasteiger partial charge in [-0.25, -0.2) is 4.79 Å². The van der Waals surface area contributed by atoms with Crippen LogP contribution in [0.5, 0.6) is 5.75 Å². The molecule has 160 valence electrons. The van der Waals surface area contributed by atoms with Crippen LogP contribution in [-0.4, -0.2) is 30.5 Å². The monoisotopic (exact) mass is 452 g/mol. The van der Waals surface area contributed by atoms with Crippen LogP contribution in [0.1, 0.15) is 19.8 Å². The van der Waals surface area contributed by atoms with Gasteiger partial charge in [-0.15, -0.1) is 0 Å². The van der Waals surface area contributed by atoms with Gasteiger partial charge in [0.1, 0.15) is 11.8 Å². The molecule has 0 saturated heterocycles. The molecule has 4 N–H and O–H groups in total. The highest BCUT2D eigenvalue weighted by molar-refractivity contribution is 6.35. The van der Waals surface area contributed by atoms with Crippen molar-refractivity contribution in [1.29, 1.82) is 0 Å². The van der Waals surface area contributed by atoms with Crippen molar-refractivity contribution in [3.63, 3.8) is 0 Å². The lowest BCUT2D eigenvalue weighted by Crippen LogP contribution is -2.51. The summed E-state index contributed by atoms with van der Waals surface area (Å²) in [6.07, 6.45) is 0.537. The van der Waals surface area contributed by atoms with Crippen molar-refractivity contribution in [1.82, 2.24) is 16.2 Å². The molecule has 1 unspecified atom stereocenters. The second-order valence-corrected chi connectivity index (χ2v) is 7.09. The predicted octanol–water partition coefficient (Wildman–Crippen LogP) is 3.51. The maximum absolute atomic E-state index is 12.0. The number of hydrazine groups is 1. The van der Waals surface area contributed by atoms with Gasteiger partial charge in [0.15, 0.2) is 0 Å². The van der Waals surface area contributed by atoms with E-state index < -0.39 is 23.9 Å². The van der Waals surface area contributed by atoms with Crippen LogP contribution in [0.2, 0.25) is 10.0 Å². The number of urea groups is 1. The predicted molar refractivity (Wildman–Crippen MR) is 116 cm³/mol. The maximum atomic E-state index is 12.0. The Morgan fingerprint density at radius 3 is 2.47 bits per heavy atom. The summed E-state index contributed by atoms with van der Waals surface area (Å²) in [5, 5.41) is 5.97. The van der Waals surface area contributed by atoms with Crippen LogP contribution in [0.25, 0.3) is 0 Å². The summed E-state index contributed by atoms with van der Waals surface area (Å²) in [5.74, 6) is -0.477. The minimum atomic E-state index is -0.857. The summed E-state index contributed by atoms with van der Waals surface area (Å²) in [6.45, 7) is 1.76. The third-order valence-corrected chi connectivity index (χ3v) is 4.33. The summed E-state index contributed by atoms with van der Waals surface area (Å²) >= 11 is 11.8. The number of anilines is 1. The molecule has 0 heterocycles. The van der Waals surface area contributed by atoms with E-state index in [0.29, 0.717) is 27.9 Å². The molecule has 0 aliphatic rings. The van der Waals surface area contributed by atoms with Gasteiger partial charge in [-0.1, -0.05) is 41.4 Å². The van der Waals surface area contributed by atoms with Gasteiger partial charge in [0.25, 0.3) is 5.91 Å². The number of nitrogens with one attached hydrogen (secondary N) is 4. The smallest absolute Gasteiger partial charge is 0.319 e. The van der Waals surface area contributed by atoms with Gasteiger partial charge in [0.2, 0.25) is 5.91 Å². The van der Waals surface area contributed by atoms with Crippen molar-refractivity contribution in [2.24, 2.45) is 0 Å². The average Bonchev–Trinajstić information content (AvgIpc) is 2.71. The number of rotatable bonds is 8. The Bertz CT molecular complexity index is 880. The first-order chi connectivity index (χ1) is 14.3. The highest BCUT2D eigenvalue weighted by atomic mass is 35.5. The molecule has 1 atom stereocenters. The molecule has 0 saturated carbocycles. The Balaban J connectivity index is 1.62. The molecule has 0 aliphatic heterocycles. The largest absolute Gasteiger partial charge is 0.492 e. The van der Waals surface area contributed by atoms with Crippen LogP contribution in [-0.2, 0) is 9.59 Å². The van der Waals surface area contributed by atoms with Crippen molar-refractivity contribution in [3.8, 4) is 5.75 Å². The Morgan fingerprint density at radius 2 is 1.77 bits per heavy atom. The number of amides is 4. The fourth-order valence-corrected chi connectivity index (χ4v) is 2.72. The zero-order valence-electron chi connectivity index (χ0n) is 16.2. The first-order valence-corrected chi connectivity index (χ1v) is 9.90. The van der Waals surface area contributed by atoms with Crippen LogP contribution < -0.4 is 26.2 Å². The standard InChI is InChI=1S/C20H22Cl2N4O4/c1-13(23-20(29)24-15-6-3-2-4-7-15)19(28)26-25-18(27)8-5-11-30-17-10-9-14(21)12-16(17)22/h2-4,6-7,9-10,12-13H,5,8,11H2,1H3,(H,25,27)(H,26,28)(H2,23,24,29). The zero-order valence-corrected chi connectivity index (χ0v) is 17.7. The number of hydrogen-bond acceptors (Lipinski definition) is 4. The summed E-state index contributed by atoms with van der Waals surface area (Å²) in [6, 6.07) is 12.3. The number of para-hydroxylation sites is 1. The lowest BCUT2D eigenvalue weighted by Gasteiger charge is -2.15. The van der Waals surface area contributed by atoms with Crippen LogP contribution in [0, 0.1) is 0 Å². The van der Waals surface area contributed by atoms with Crippen molar-refractivity contribution in [2.75, 3.05) is 11.9 Å². The molecule has 0 spiro atoms. The van der Waals surface area contributed by atoms with Crippen LogP contribution in [0.15, 0.2) is 48.5 Å². The molecule has 8 nitrogen and oxygen atoms in total. The van der Waals surface area contributed by atoms with E-state index in [4.69, 9.17) is 27.9 Å². The average molecular weight is 453 g/mol. The number of ether oxygens (including phenoxy) is 1. The normalized spacial score (nSPS) is 11.2. The SMILES string of the molecule is CC(NC(=O)Nc1ccccc1)C(=O)NNC(=O)CCCOc1ccc(Cl)cc1Cl. The third-order valence-electron chi connectivity index (χ3n) is 3.80. The van der Waals surface area contributed by atoms with Gasteiger partial charge in [0, 0.05) is 17.1 Å². The lowest BCUT2D eigenvalue weighted by atomic mass is 10.3. The Hall–Kier alpha value is -2.97. The van der Waals surface area contributed by atoms with E-state index in [2.05, 4.69) is 21.5 Å². The second-order valence-electron chi connectivity index (χ2n) is 6.25. The molecule has 0 bridgehead atoms. The highest BCUT2D eigenvalue weighted by Crippen LogP contribution is 2.27. The van der Waals surface area contributed by atoms with Gasteiger partial charge in [-0.05, 0) is 43.7 Å². The lowest BCUT2D eigenvalue weighted by molar-refractivity contribution is -0.129. The fourth-order valence-electron chi connectivity index (χ4n) is 2.26. The van der Waals surface area contributed by atoms with Crippen molar-refractivity contribution in [2.45, 2.75) is 25.8 Å². The molecule has 0 fully saturated rings. The van der Waals surface area contributed by atoms with E-state index in [1.54, 1.807) is 42.5 Å². The van der Waals surface area contributed by atoms with Gasteiger partial charge in [0.05, 0.1) is 11.6 Å². The van der Waals surface area contributed by atoms with Crippen LogP contribution >= 0.6 is 23.2 Å². The van der Waals surface area contributed by atoms with E-state index in [0.717, 1.165) is 0 Å². The molecule has 30 heavy (non-hydrogen) atoms. The summed E-state index contributed by atoms with van der Waals surface area (Å²) in [5.41, 5.74) is 5.16. The van der Waals surface area contributed by atoms with E-state index in [1.165, 1.54) is 6.92 Å². The Morgan fingerprint density at radius 1 is 1.03 bits per heavy atom. The molecular formula is C20H22Cl2N4O4.